The third-order valence-corrected chi connectivity index (χ3v) is 2.81. The van der Waals surface area contributed by atoms with Crippen LogP contribution < -0.4 is 0 Å². The van der Waals surface area contributed by atoms with Crippen molar-refractivity contribution in [2.24, 2.45) is 0 Å². The molecule has 0 aliphatic rings. The Morgan fingerprint density at radius 3 is 3.06 bits per heavy atom. The molecule has 2 aromatic heterocycles. The number of rotatable bonds is 3. The standard InChI is InChI=1S/C11H9FN2OS/c12-9(6-15)4-10-3-8(7-16-10)11-5-13-1-2-14-11/h1-5,7,15H,6H2. The first-order valence-corrected chi connectivity index (χ1v) is 5.49. The van der Waals surface area contributed by atoms with Gasteiger partial charge in [0, 0.05) is 28.2 Å². The Hall–Kier alpha value is -1.59. The number of halogens is 1. The molecule has 0 saturated carbocycles. The molecule has 2 aromatic rings. The summed E-state index contributed by atoms with van der Waals surface area (Å²) in [5, 5.41) is 10.4. The fraction of sp³-hybridized carbons (Fsp3) is 0.0909. The predicted octanol–water partition coefficient (Wildman–Crippen LogP) is 2.51. The molecule has 0 aliphatic carbocycles. The highest BCUT2D eigenvalue weighted by Crippen LogP contribution is 2.25. The minimum absolute atomic E-state index is 0.549. The smallest absolute Gasteiger partial charge is 0.127 e. The largest absolute Gasteiger partial charge is 0.389 e. The Morgan fingerprint density at radius 2 is 2.38 bits per heavy atom. The third kappa shape index (κ3) is 2.50. The quantitative estimate of drug-likeness (QED) is 0.890. The number of nitrogens with zero attached hydrogens (tertiary/aromatic N) is 2. The van der Waals surface area contributed by atoms with Gasteiger partial charge in [-0.3, -0.25) is 9.97 Å². The minimum Gasteiger partial charge on any atom is -0.389 e. The molecule has 0 spiro atoms. The first-order valence-electron chi connectivity index (χ1n) is 4.61. The van der Waals surface area contributed by atoms with Crippen LogP contribution in [0.3, 0.4) is 0 Å². The van der Waals surface area contributed by atoms with E-state index in [0.717, 1.165) is 16.1 Å². The second-order valence-electron chi connectivity index (χ2n) is 3.08. The maximum Gasteiger partial charge on any atom is 0.127 e. The molecule has 0 aliphatic heterocycles. The van der Waals surface area contributed by atoms with E-state index in [1.165, 1.54) is 17.4 Å². The summed E-state index contributed by atoms with van der Waals surface area (Å²) in [4.78, 5) is 8.84. The molecule has 5 heteroatoms. The lowest BCUT2D eigenvalue weighted by molar-refractivity contribution is 0.300. The zero-order valence-corrected chi connectivity index (χ0v) is 9.12. The molecule has 82 valence electrons. The van der Waals surface area contributed by atoms with E-state index in [4.69, 9.17) is 5.11 Å². The fourth-order valence-electron chi connectivity index (χ4n) is 1.21. The summed E-state index contributed by atoms with van der Waals surface area (Å²) >= 11 is 1.39. The van der Waals surface area contributed by atoms with Crippen molar-refractivity contribution >= 4 is 17.4 Å². The molecule has 16 heavy (non-hydrogen) atoms. The molecule has 0 amide bonds. The normalized spacial score (nSPS) is 11.8. The van der Waals surface area contributed by atoms with Crippen molar-refractivity contribution in [1.82, 2.24) is 9.97 Å². The molecule has 3 nitrogen and oxygen atoms in total. The maximum absolute atomic E-state index is 12.8. The highest BCUT2D eigenvalue weighted by Gasteiger charge is 2.03. The molecule has 0 atom stereocenters. The van der Waals surface area contributed by atoms with Crippen LogP contribution in [0.25, 0.3) is 17.3 Å². The predicted molar refractivity (Wildman–Crippen MR) is 61.5 cm³/mol. The van der Waals surface area contributed by atoms with E-state index in [1.54, 1.807) is 18.6 Å². The van der Waals surface area contributed by atoms with Crippen molar-refractivity contribution in [1.29, 1.82) is 0 Å². The number of aliphatic hydroxyl groups is 1. The Kier molecular flexibility index (Phi) is 3.38. The van der Waals surface area contributed by atoms with E-state index < -0.39 is 12.4 Å². The molecule has 0 bridgehead atoms. The number of hydrogen-bond acceptors (Lipinski definition) is 4. The van der Waals surface area contributed by atoms with Crippen LogP contribution in [0.1, 0.15) is 4.88 Å². The third-order valence-electron chi connectivity index (χ3n) is 1.93. The molecule has 2 heterocycles. The van der Waals surface area contributed by atoms with Crippen molar-refractivity contribution in [2.75, 3.05) is 6.61 Å². The van der Waals surface area contributed by atoms with Gasteiger partial charge in [0.05, 0.1) is 18.5 Å². The summed E-state index contributed by atoms with van der Waals surface area (Å²) in [6, 6.07) is 1.81. The Bertz CT molecular complexity index is 496. The van der Waals surface area contributed by atoms with Gasteiger partial charge in [-0.1, -0.05) is 0 Å². The topological polar surface area (TPSA) is 46.0 Å². The van der Waals surface area contributed by atoms with Crippen LogP contribution in [0, 0.1) is 0 Å². The zero-order chi connectivity index (χ0) is 11.4. The van der Waals surface area contributed by atoms with Gasteiger partial charge in [-0.2, -0.15) is 0 Å². The van der Waals surface area contributed by atoms with Crippen LogP contribution >= 0.6 is 11.3 Å². The van der Waals surface area contributed by atoms with Gasteiger partial charge in [0.1, 0.15) is 5.83 Å². The Labute approximate surface area is 95.9 Å². The zero-order valence-electron chi connectivity index (χ0n) is 8.30. The van der Waals surface area contributed by atoms with Crippen LogP contribution in [0.4, 0.5) is 4.39 Å². The van der Waals surface area contributed by atoms with Gasteiger partial charge in [0.15, 0.2) is 0 Å². The Morgan fingerprint density at radius 1 is 1.50 bits per heavy atom. The van der Waals surface area contributed by atoms with E-state index >= 15 is 0 Å². The molecule has 0 radical (unpaired) electrons. The minimum atomic E-state index is -0.571. The van der Waals surface area contributed by atoms with Crippen LogP contribution in [0.15, 0.2) is 35.9 Å². The van der Waals surface area contributed by atoms with E-state index in [-0.39, 0.29) is 0 Å². The highest BCUT2D eigenvalue weighted by molar-refractivity contribution is 7.11. The molecule has 0 unspecified atom stereocenters. The van der Waals surface area contributed by atoms with Gasteiger partial charge in [0.25, 0.3) is 0 Å². The van der Waals surface area contributed by atoms with E-state index in [0.29, 0.717) is 0 Å². The molecule has 0 aromatic carbocycles. The summed E-state index contributed by atoms with van der Waals surface area (Å²) < 4.78 is 12.8. The van der Waals surface area contributed by atoms with Gasteiger partial charge in [-0.05, 0) is 12.1 Å². The summed E-state index contributed by atoms with van der Waals surface area (Å²) in [6.07, 6.45) is 6.17. The van der Waals surface area contributed by atoms with Crippen molar-refractivity contribution in [3.8, 4) is 11.3 Å². The Balaban J connectivity index is 2.27. The monoisotopic (exact) mass is 236 g/mol. The lowest BCUT2D eigenvalue weighted by Crippen LogP contribution is -1.81. The van der Waals surface area contributed by atoms with Crippen LogP contribution in [-0.2, 0) is 0 Å². The van der Waals surface area contributed by atoms with Gasteiger partial charge in [-0.25, -0.2) is 4.39 Å². The first kappa shape index (κ1) is 10.9. The van der Waals surface area contributed by atoms with Gasteiger partial charge in [-0.15, -0.1) is 11.3 Å². The van der Waals surface area contributed by atoms with Crippen LogP contribution in [0.2, 0.25) is 0 Å². The average Bonchev–Trinajstić information content (AvgIpc) is 2.78. The van der Waals surface area contributed by atoms with Gasteiger partial charge in [0.2, 0.25) is 0 Å². The summed E-state index contributed by atoms with van der Waals surface area (Å²) in [7, 11) is 0. The lowest BCUT2D eigenvalue weighted by atomic mass is 10.2. The number of thiophene rings is 1. The maximum atomic E-state index is 12.8. The molecule has 2 rings (SSSR count). The molecule has 1 N–H and O–H groups in total. The van der Waals surface area contributed by atoms with Crippen molar-refractivity contribution in [3.63, 3.8) is 0 Å². The SMILES string of the molecule is OCC(F)=Cc1cc(-c2cnccn2)cs1. The lowest BCUT2D eigenvalue weighted by Gasteiger charge is -1.92. The number of aromatic nitrogens is 2. The van der Waals surface area contributed by atoms with E-state index in [9.17, 15) is 4.39 Å². The van der Waals surface area contributed by atoms with Crippen LogP contribution in [-0.4, -0.2) is 21.7 Å². The number of hydrogen-bond donors (Lipinski definition) is 1. The summed E-state index contributed by atoms with van der Waals surface area (Å²) in [5.74, 6) is -0.549. The second-order valence-corrected chi connectivity index (χ2v) is 4.02. The number of aliphatic hydroxyl groups excluding tert-OH is 1. The fourth-order valence-corrected chi connectivity index (χ4v) is 2.05. The van der Waals surface area contributed by atoms with Crippen molar-refractivity contribution in [2.45, 2.75) is 0 Å². The van der Waals surface area contributed by atoms with Gasteiger partial charge >= 0.3 is 0 Å². The summed E-state index contributed by atoms with van der Waals surface area (Å²) in [6.45, 7) is -0.571. The molecular formula is C11H9FN2OS. The van der Waals surface area contributed by atoms with E-state index in [2.05, 4.69) is 9.97 Å². The molecule has 0 fully saturated rings. The molecular weight excluding hydrogens is 227 g/mol. The average molecular weight is 236 g/mol. The molecule has 0 saturated heterocycles. The first-order chi connectivity index (χ1) is 7.79. The van der Waals surface area contributed by atoms with Gasteiger partial charge < -0.3 is 5.11 Å². The van der Waals surface area contributed by atoms with E-state index in [1.807, 2.05) is 11.4 Å². The van der Waals surface area contributed by atoms with Crippen LogP contribution in [0.5, 0.6) is 0 Å². The highest BCUT2D eigenvalue weighted by atomic mass is 32.1. The van der Waals surface area contributed by atoms with Crippen molar-refractivity contribution in [3.05, 3.63) is 40.7 Å². The second kappa shape index (κ2) is 4.96. The summed E-state index contributed by atoms with van der Waals surface area (Å²) in [5.41, 5.74) is 1.65. The van der Waals surface area contributed by atoms with Crippen molar-refractivity contribution < 1.29 is 9.50 Å².